The third-order valence-electron chi connectivity index (χ3n) is 1.32. The molecule has 0 aromatic rings. The monoisotopic (exact) mass is 242 g/mol. The van der Waals surface area contributed by atoms with E-state index >= 15 is 0 Å². The van der Waals surface area contributed by atoms with Crippen molar-refractivity contribution in [1.82, 2.24) is 0 Å². The Morgan fingerprint density at radius 1 is 1.29 bits per heavy atom. The van der Waals surface area contributed by atoms with Crippen LogP contribution < -0.4 is 0 Å². The zero-order valence-corrected chi connectivity index (χ0v) is 9.47. The lowest BCUT2D eigenvalue weighted by Gasteiger charge is -2.19. The molecule has 0 saturated heterocycles. The van der Waals surface area contributed by atoms with E-state index in [4.69, 9.17) is 27.9 Å². The molecule has 0 N–H and O–H groups in total. The minimum atomic E-state index is -0.699. The van der Waals surface area contributed by atoms with E-state index in [0.717, 1.165) is 0 Å². The third kappa shape index (κ3) is 6.05. The zero-order valence-electron chi connectivity index (χ0n) is 7.96. The summed E-state index contributed by atoms with van der Waals surface area (Å²) < 4.78 is 9.49. The van der Waals surface area contributed by atoms with Crippen molar-refractivity contribution in [3.63, 3.8) is 0 Å². The maximum absolute atomic E-state index is 10.7. The fraction of sp³-hybridized carbons (Fsp3) is 0.750. The Labute approximate surface area is 92.5 Å². The van der Waals surface area contributed by atoms with E-state index in [0.29, 0.717) is 0 Å². The number of carbonyl (C=O) groups is 2. The number of rotatable bonds is 5. The molecule has 0 aromatic heterocycles. The van der Waals surface area contributed by atoms with Gasteiger partial charge in [0, 0.05) is 19.7 Å². The van der Waals surface area contributed by atoms with Gasteiger partial charge in [0.1, 0.15) is 6.61 Å². The zero-order chi connectivity index (χ0) is 11.1. The van der Waals surface area contributed by atoms with Gasteiger partial charge in [-0.3, -0.25) is 9.59 Å². The molecule has 0 unspecified atom stereocenters. The maximum Gasteiger partial charge on any atom is 0.303 e. The van der Waals surface area contributed by atoms with E-state index in [-0.39, 0.29) is 12.5 Å². The first-order valence-electron chi connectivity index (χ1n) is 3.98. The van der Waals surface area contributed by atoms with Gasteiger partial charge in [-0.15, -0.1) is 23.2 Å². The van der Waals surface area contributed by atoms with Gasteiger partial charge in [-0.1, -0.05) is 0 Å². The normalized spacial score (nSPS) is 14.3. The fourth-order valence-electron chi connectivity index (χ4n) is 0.724. The standard InChI is InChI=1S/C8H12Cl2O4/c1-5(11)13-4-8(7(10)3-9)14-6(2)12/h7-8H,3-4H2,1-2H3/t7-,8+/m0/s1. The molecular formula is C8H12Cl2O4. The Hall–Kier alpha value is -0.480. The molecule has 6 heteroatoms. The predicted molar refractivity (Wildman–Crippen MR) is 52.5 cm³/mol. The van der Waals surface area contributed by atoms with Crippen LogP contribution in [-0.2, 0) is 19.1 Å². The van der Waals surface area contributed by atoms with Crippen LogP contribution in [0.3, 0.4) is 0 Å². The topological polar surface area (TPSA) is 52.6 Å². The molecule has 0 aliphatic heterocycles. The van der Waals surface area contributed by atoms with Crippen LogP contribution in [0.4, 0.5) is 0 Å². The molecule has 0 radical (unpaired) electrons. The van der Waals surface area contributed by atoms with Gasteiger partial charge in [0.2, 0.25) is 0 Å². The van der Waals surface area contributed by atoms with Crippen LogP contribution in [0.5, 0.6) is 0 Å². The first kappa shape index (κ1) is 13.5. The van der Waals surface area contributed by atoms with Gasteiger partial charge in [-0.2, -0.15) is 0 Å². The van der Waals surface area contributed by atoms with Gasteiger partial charge >= 0.3 is 11.9 Å². The predicted octanol–water partition coefficient (Wildman–Crippen LogP) is 1.33. The van der Waals surface area contributed by atoms with Crippen molar-refractivity contribution >= 4 is 35.1 Å². The summed E-state index contributed by atoms with van der Waals surface area (Å²) in [7, 11) is 0. The Bertz CT molecular complexity index is 208. The summed E-state index contributed by atoms with van der Waals surface area (Å²) in [5.41, 5.74) is 0. The molecule has 0 aliphatic rings. The number of hydrogen-bond acceptors (Lipinski definition) is 4. The molecule has 0 fully saturated rings. The number of alkyl halides is 2. The molecule has 0 bridgehead atoms. The van der Waals surface area contributed by atoms with E-state index in [1.165, 1.54) is 13.8 Å². The number of carbonyl (C=O) groups excluding carboxylic acids is 2. The molecule has 0 aromatic carbocycles. The fourth-order valence-corrected chi connectivity index (χ4v) is 1.05. The first-order valence-corrected chi connectivity index (χ1v) is 4.95. The Kier molecular flexibility index (Phi) is 6.66. The summed E-state index contributed by atoms with van der Waals surface area (Å²) in [6.45, 7) is 2.43. The number of ether oxygens (including phenoxy) is 2. The van der Waals surface area contributed by atoms with Gasteiger partial charge in [-0.05, 0) is 0 Å². The molecular weight excluding hydrogens is 231 g/mol. The van der Waals surface area contributed by atoms with E-state index < -0.39 is 23.4 Å². The molecule has 2 atom stereocenters. The second-order valence-corrected chi connectivity index (χ2v) is 3.49. The van der Waals surface area contributed by atoms with Crippen LogP contribution in [0.15, 0.2) is 0 Å². The lowest BCUT2D eigenvalue weighted by Crippen LogP contribution is -2.33. The molecule has 0 heterocycles. The minimum absolute atomic E-state index is 0.0736. The lowest BCUT2D eigenvalue weighted by molar-refractivity contribution is -0.156. The van der Waals surface area contributed by atoms with Gasteiger partial charge in [0.25, 0.3) is 0 Å². The van der Waals surface area contributed by atoms with Crippen LogP contribution in [0.1, 0.15) is 13.8 Å². The van der Waals surface area contributed by atoms with Gasteiger partial charge in [0.05, 0.1) is 5.38 Å². The summed E-state index contributed by atoms with van der Waals surface area (Å²) in [5.74, 6) is -0.834. The quantitative estimate of drug-likeness (QED) is 0.540. The molecule has 0 rings (SSSR count). The molecule has 4 nitrogen and oxygen atoms in total. The molecule has 82 valence electrons. The highest BCUT2D eigenvalue weighted by Crippen LogP contribution is 2.10. The van der Waals surface area contributed by atoms with Crippen molar-refractivity contribution < 1.29 is 19.1 Å². The van der Waals surface area contributed by atoms with E-state index in [2.05, 4.69) is 4.74 Å². The van der Waals surface area contributed by atoms with Gasteiger partial charge in [-0.25, -0.2) is 0 Å². The molecule has 0 amide bonds. The second-order valence-electron chi connectivity index (χ2n) is 2.62. The molecule has 0 saturated carbocycles. The number of esters is 2. The van der Waals surface area contributed by atoms with Crippen molar-refractivity contribution in [3.8, 4) is 0 Å². The highest BCUT2D eigenvalue weighted by atomic mass is 35.5. The summed E-state index contributed by atoms with van der Waals surface area (Å²) in [4.78, 5) is 21.2. The van der Waals surface area contributed by atoms with Crippen LogP contribution >= 0.6 is 23.2 Å². The van der Waals surface area contributed by atoms with Gasteiger partial charge < -0.3 is 9.47 Å². The van der Waals surface area contributed by atoms with Crippen LogP contribution in [0.25, 0.3) is 0 Å². The highest BCUT2D eigenvalue weighted by Gasteiger charge is 2.22. The maximum atomic E-state index is 10.7. The van der Waals surface area contributed by atoms with Crippen molar-refractivity contribution in [2.45, 2.75) is 25.3 Å². The number of hydrogen-bond donors (Lipinski definition) is 0. The average molecular weight is 243 g/mol. The van der Waals surface area contributed by atoms with Gasteiger partial charge in [0.15, 0.2) is 6.10 Å². The third-order valence-corrected chi connectivity index (χ3v) is 2.24. The summed E-state index contributed by atoms with van der Waals surface area (Å²) in [6, 6.07) is 0. The Morgan fingerprint density at radius 2 is 1.86 bits per heavy atom. The summed E-state index contributed by atoms with van der Waals surface area (Å²) in [5, 5.41) is -0.570. The van der Waals surface area contributed by atoms with Crippen molar-refractivity contribution in [1.29, 1.82) is 0 Å². The lowest BCUT2D eigenvalue weighted by atomic mass is 10.3. The van der Waals surface area contributed by atoms with Crippen LogP contribution in [0.2, 0.25) is 0 Å². The average Bonchev–Trinajstić information content (AvgIpc) is 2.10. The van der Waals surface area contributed by atoms with E-state index in [1.54, 1.807) is 0 Å². The van der Waals surface area contributed by atoms with Crippen molar-refractivity contribution in [2.24, 2.45) is 0 Å². The van der Waals surface area contributed by atoms with Crippen LogP contribution in [0, 0.1) is 0 Å². The highest BCUT2D eigenvalue weighted by molar-refractivity contribution is 6.28. The van der Waals surface area contributed by atoms with Crippen molar-refractivity contribution in [2.75, 3.05) is 12.5 Å². The summed E-state index contributed by atoms with van der Waals surface area (Å²) in [6.07, 6.45) is -0.699. The van der Waals surface area contributed by atoms with Crippen molar-refractivity contribution in [3.05, 3.63) is 0 Å². The Morgan fingerprint density at radius 3 is 2.21 bits per heavy atom. The molecule has 0 aliphatic carbocycles. The molecule has 14 heavy (non-hydrogen) atoms. The van der Waals surface area contributed by atoms with Crippen LogP contribution in [-0.4, -0.2) is 35.9 Å². The second kappa shape index (κ2) is 6.90. The van der Waals surface area contributed by atoms with E-state index in [9.17, 15) is 9.59 Å². The number of halogens is 2. The largest absolute Gasteiger partial charge is 0.462 e. The molecule has 0 spiro atoms. The summed E-state index contributed by atoms with van der Waals surface area (Å²) >= 11 is 11.2. The smallest absolute Gasteiger partial charge is 0.303 e. The van der Waals surface area contributed by atoms with E-state index in [1.807, 2.05) is 0 Å². The SMILES string of the molecule is CC(=O)OC[C@@H](OC(C)=O)[C@@H](Cl)CCl. The first-order chi connectivity index (χ1) is 6.47. The Balaban J connectivity index is 4.09. The minimum Gasteiger partial charge on any atom is -0.462 e.